The van der Waals surface area contributed by atoms with Gasteiger partial charge in [0.05, 0.1) is 12.5 Å². The molecular weight excluding hydrogens is 454 g/mol. The number of amides is 3. The Morgan fingerprint density at radius 3 is 1.82 bits per heavy atom. The molecule has 0 aromatic heterocycles. The Morgan fingerprint density at radius 2 is 1.35 bits per heavy atom. The summed E-state index contributed by atoms with van der Waals surface area (Å²) in [4.78, 5) is 70.7. The van der Waals surface area contributed by atoms with Crippen LogP contribution < -0.4 is 27.4 Å². The van der Waals surface area contributed by atoms with E-state index in [-0.39, 0.29) is 19.3 Å². The van der Waals surface area contributed by atoms with Gasteiger partial charge in [0.25, 0.3) is 0 Å². The molecule has 34 heavy (non-hydrogen) atoms. The summed E-state index contributed by atoms with van der Waals surface area (Å²) >= 11 is 0. The fourth-order valence-corrected chi connectivity index (χ4v) is 2.88. The number of carboxylic acid groups (broad SMARTS) is 3. The molecule has 0 heterocycles. The number of carboxylic acids is 3. The lowest BCUT2D eigenvalue weighted by Crippen LogP contribution is -2.58. The van der Waals surface area contributed by atoms with Gasteiger partial charge in [0.1, 0.15) is 18.1 Å². The molecule has 0 aromatic rings. The minimum absolute atomic E-state index is 0.143. The summed E-state index contributed by atoms with van der Waals surface area (Å²) in [5.74, 6) is -7.01. The van der Waals surface area contributed by atoms with Crippen LogP contribution in [0.25, 0.3) is 0 Å². The zero-order chi connectivity index (χ0) is 26.4. The number of rotatable bonds is 17. The summed E-state index contributed by atoms with van der Waals surface area (Å²) in [7, 11) is 0. The molecule has 0 saturated heterocycles. The first kappa shape index (κ1) is 30.7. The van der Waals surface area contributed by atoms with E-state index in [1.165, 1.54) is 0 Å². The van der Waals surface area contributed by atoms with Gasteiger partial charge in [0.15, 0.2) is 0 Å². The molecule has 194 valence electrons. The van der Waals surface area contributed by atoms with E-state index >= 15 is 0 Å². The molecule has 0 bridgehead atoms. The molecule has 0 aliphatic carbocycles. The average molecular weight is 490 g/mol. The van der Waals surface area contributed by atoms with Crippen molar-refractivity contribution in [2.75, 3.05) is 6.54 Å². The van der Waals surface area contributed by atoms with Crippen molar-refractivity contribution in [3.63, 3.8) is 0 Å². The van der Waals surface area contributed by atoms with E-state index in [0.29, 0.717) is 19.4 Å². The van der Waals surface area contributed by atoms with E-state index in [2.05, 4.69) is 16.0 Å². The lowest BCUT2D eigenvalue weighted by Gasteiger charge is -2.27. The minimum Gasteiger partial charge on any atom is -0.481 e. The molecule has 0 saturated carbocycles. The lowest BCUT2D eigenvalue weighted by molar-refractivity contribution is -0.147. The number of hydrogen-bond donors (Lipinski definition) is 8. The highest BCUT2D eigenvalue weighted by atomic mass is 16.4. The van der Waals surface area contributed by atoms with Crippen LogP contribution in [0, 0.1) is 5.92 Å². The number of nitrogens with one attached hydrogen (secondary N) is 3. The van der Waals surface area contributed by atoms with Crippen molar-refractivity contribution in [3.05, 3.63) is 0 Å². The van der Waals surface area contributed by atoms with Crippen LogP contribution >= 0.6 is 0 Å². The summed E-state index contributed by atoms with van der Waals surface area (Å²) in [6.45, 7) is 3.51. The van der Waals surface area contributed by atoms with Gasteiger partial charge in [-0.2, -0.15) is 0 Å². The van der Waals surface area contributed by atoms with Crippen LogP contribution in [-0.2, 0) is 28.8 Å². The number of unbranched alkanes of at least 4 members (excludes halogenated alkanes) is 1. The monoisotopic (exact) mass is 489 g/mol. The molecule has 0 aliphatic heterocycles. The molecule has 10 N–H and O–H groups in total. The third-order valence-corrected chi connectivity index (χ3v) is 4.83. The molecule has 0 aliphatic rings. The first-order valence-electron chi connectivity index (χ1n) is 10.8. The van der Waals surface area contributed by atoms with Gasteiger partial charge in [-0.05, 0) is 38.1 Å². The van der Waals surface area contributed by atoms with Crippen LogP contribution in [0.1, 0.15) is 52.4 Å². The van der Waals surface area contributed by atoms with Crippen LogP contribution in [0.4, 0.5) is 0 Å². The number of carbonyl (C=O) groups is 6. The average Bonchev–Trinajstić information content (AvgIpc) is 2.73. The van der Waals surface area contributed by atoms with E-state index in [4.69, 9.17) is 26.8 Å². The Hall–Kier alpha value is -3.26. The van der Waals surface area contributed by atoms with Crippen molar-refractivity contribution in [2.45, 2.75) is 76.5 Å². The summed E-state index contributed by atoms with van der Waals surface area (Å²) in [6.07, 6.45) is -0.175. The molecule has 4 atom stereocenters. The number of nitrogens with two attached hydrogens (primary N) is 2. The topological polar surface area (TPSA) is 251 Å². The molecule has 14 heteroatoms. The highest BCUT2D eigenvalue weighted by Gasteiger charge is 2.32. The first-order chi connectivity index (χ1) is 15.8. The highest BCUT2D eigenvalue weighted by Crippen LogP contribution is 2.08. The maximum Gasteiger partial charge on any atom is 0.326 e. The van der Waals surface area contributed by atoms with Gasteiger partial charge in [-0.15, -0.1) is 0 Å². The summed E-state index contributed by atoms with van der Waals surface area (Å²) < 4.78 is 0. The molecule has 0 radical (unpaired) electrons. The van der Waals surface area contributed by atoms with Crippen molar-refractivity contribution in [2.24, 2.45) is 17.4 Å². The van der Waals surface area contributed by atoms with Crippen LogP contribution in [0.15, 0.2) is 0 Å². The van der Waals surface area contributed by atoms with Crippen LogP contribution in [-0.4, -0.2) is 81.7 Å². The SMILES string of the molecule is CC(C)C(NC(=O)C(CCCCN)NC(=O)C(N)CCC(=O)O)C(=O)NC(CC(=O)O)C(=O)O. The standard InChI is InChI=1S/C20H35N5O9/c1-10(2)16(19(32)24-13(20(33)34)9-15(28)29)25-18(31)12(5-3-4-8-21)23-17(30)11(22)6-7-14(26)27/h10-13,16H,3-9,21-22H2,1-2H3,(H,23,30)(H,24,32)(H,25,31)(H,26,27)(H,28,29)(H,33,34). The third kappa shape index (κ3) is 12.1. The van der Waals surface area contributed by atoms with Gasteiger partial charge in [0, 0.05) is 6.42 Å². The van der Waals surface area contributed by atoms with E-state index in [1.54, 1.807) is 13.8 Å². The molecule has 0 aromatic carbocycles. The Morgan fingerprint density at radius 1 is 0.765 bits per heavy atom. The second kappa shape index (κ2) is 15.6. The largest absolute Gasteiger partial charge is 0.481 e. The van der Waals surface area contributed by atoms with Crippen molar-refractivity contribution in [1.29, 1.82) is 0 Å². The maximum absolute atomic E-state index is 12.9. The molecule has 14 nitrogen and oxygen atoms in total. The Labute approximate surface area is 196 Å². The highest BCUT2D eigenvalue weighted by molar-refractivity contribution is 5.94. The number of hydrogen-bond acceptors (Lipinski definition) is 8. The van der Waals surface area contributed by atoms with Crippen LogP contribution in [0.3, 0.4) is 0 Å². The molecule has 3 amide bonds. The number of carbonyl (C=O) groups excluding carboxylic acids is 3. The summed E-state index contributed by atoms with van der Waals surface area (Å²) in [5.41, 5.74) is 11.2. The summed E-state index contributed by atoms with van der Waals surface area (Å²) in [6, 6.07) is -5.20. The van der Waals surface area contributed by atoms with Gasteiger partial charge in [-0.3, -0.25) is 24.0 Å². The van der Waals surface area contributed by atoms with Gasteiger partial charge < -0.3 is 42.7 Å². The fourth-order valence-electron chi connectivity index (χ4n) is 2.88. The van der Waals surface area contributed by atoms with Gasteiger partial charge >= 0.3 is 17.9 Å². The van der Waals surface area contributed by atoms with Crippen molar-refractivity contribution < 1.29 is 44.1 Å². The predicted octanol–water partition coefficient (Wildman–Crippen LogP) is -2.02. The molecular formula is C20H35N5O9. The van der Waals surface area contributed by atoms with Crippen LogP contribution in [0.5, 0.6) is 0 Å². The van der Waals surface area contributed by atoms with Crippen LogP contribution in [0.2, 0.25) is 0 Å². The number of aliphatic carboxylic acids is 3. The van der Waals surface area contributed by atoms with Gasteiger partial charge in [0.2, 0.25) is 17.7 Å². The molecule has 0 fully saturated rings. The van der Waals surface area contributed by atoms with E-state index in [0.717, 1.165) is 0 Å². The smallest absolute Gasteiger partial charge is 0.326 e. The zero-order valence-corrected chi connectivity index (χ0v) is 19.3. The third-order valence-electron chi connectivity index (χ3n) is 4.83. The normalized spacial score (nSPS) is 14.4. The van der Waals surface area contributed by atoms with E-state index < -0.39 is 72.1 Å². The Kier molecular flexibility index (Phi) is 14.1. The minimum atomic E-state index is -1.70. The van der Waals surface area contributed by atoms with E-state index in [1.807, 2.05) is 0 Å². The maximum atomic E-state index is 12.9. The zero-order valence-electron chi connectivity index (χ0n) is 19.3. The van der Waals surface area contributed by atoms with Crippen molar-refractivity contribution >= 4 is 35.6 Å². The second-order valence-electron chi connectivity index (χ2n) is 8.11. The van der Waals surface area contributed by atoms with Crippen molar-refractivity contribution in [1.82, 2.24) is 16.0 Å². The quantitative estimate of drug-likeness (QED) is 0.103. The Balaban J connectivity index is 5.42. The second-order valence-corrected chi connectivity index (χ2v) is 8.11. The van der Waals surface area contributed by atoms with E-state index in [9.17, 15) is 28.8 Å². The van der Waals surface area contributed by atoms with Gasteiger partial charge in [-0.25, -0.2) is 4.79 Å². The Bertz CT molecular complexity index is 744. The molecule has 0 rings (SSSR count). The molecule has 0 spiro atoms. The van der Waals surface area contributed by atoms with Gasteiger partial charge in [-0.1, -0.05) is 13.8 Å². The lowest BCUT2D eigenvalue weighted by atomic mass is 10.0. The summed E-state index contributed by atoms with van der Waals surface area (Å²) in [5, 5.41) is 33.7. The predicted molar refractivity (Wildman–Crippen MR) is 118 cm³/mol. The fraction of sp³-hybridized carbons (Fsp3) is 0.700. The van der Waals surface area contributed by atoms with Crippen molar-refractivity contribution in [3.8, 4) is 0 Å². The molecule has 4 unspecified atom stereocenters. The first-order valence-corrected chi connectivity index (χ1v) is 10.8.